The summed E-state index contributed by atoms with van der Waals surface area (Å²) in [5.74, 6) is 0. The van der Waals surface area contributed by atoms with Gasteiger partial charge in [-0.15, -0.1) is 0 Å². The van der Waals surface area contributed by atoms with Gasteiger partial charge in [-0.3, -0.25) is 0 Å². The Kier molecular flexibility index (Phi) is 13.0. The largest absolute Gasteiger partial charge is 0.392 e. The molecule has 0 bridgehead atoms. The summed E-state index contributed by atoms with van der Waals surface area (Å²) >= 11 is 0. The monoisotopic (exact) mass is 220 g/mol. The van der Waals surface area contributed by atoms with E-state index in [2.05, 4.69) is 25.2 Å². The van der Waals surface area contributed by atoms with Crippen molar-refractivity contribution in [2.75, 3.05) is 6.61 Å². The molecule has 1 nitrogen and oxygen atoms in total. The van der Waals surface area contributed by atoms with Crippen molar-refractivity contribution in [3.05, 3.63) is 48.6 Å². The Hall–Kier alpha value is -1.08. The predicted octanol–water partition coefficient (Wildman–Crippen LogP) is 4.17. The highest BCUT2D eigenvalue weighted by Crippen LogP contribution is 2.00. The summed E-state index contributed by atoms with van der Waals surface area (Å²) in [5, 5.41) is 8.48. The SMILES string of the molecule is CCCCC/C=C\C\C=C/C=C/C=C/CO. The van der Waals surface area contributed by atoms with Gasteiger partial charge in [0.25, 0.3) is 0 Å². The standard InChI is InChI=1S/C15H24O/c1-2-3-4-5-6-7-8-9-10-11-12-13-14-15-16/h6-7,9-14,16H,2-5,8,15H2,1H3/b7-6-,10-9-,12-11+,14-13+. The Morgan fingerprint density at radius 2 is 1.56 bits per heavy atom. The van der Waals surface area contributed by atoms with Gasteiger partial charge in [0.2, 0.25) is 0 Å². The van der Waals surface area contributed by atoms with E-state index >= 15 is 0 Å². The molecule has 0 unspecified atom stereocenters. The number of unbranched alkanes of at least 4 members (excludes halogenated alkanes) is 3. The maximum Gasteiger partial charge on any atom is 0.0615 e. The van der Waals surface area contributed by atoms with Crippen molar-refractivity contribution in [3.63, 3.8) is 0 Å². The van der Waals surface area contributed by atoms with E-state index in [1.807, 2.05) is 24.3 Å². The molecule has 0 amide bonds. The Labute approximate surface area is 99.9 Å². The normalized spacial score (nSPS) is 12.9. The Balaban J connectivity index is 3.39. The summed E-state index contributed by atoms with van der Waals surface area (Å²) in [4.78, 5) is 0. The molecule has 0 spiro atoms. The lowest BCUT2D eigenvalue weighted by molar-refractivity contribution is 0.343. The van der Waals surface area contributed by atoms with Crippen LogP contribution in [0, 0.1) is 0 Å². The minimum atomic E-state index is 0.106. The maximum atomic E-state index is 8.48. The van der Waals surface area contributed by atoms with Crippen LogP contribution >= 0.6 is 0 Å². The van der Waals surface area contributed by atoms with Crippen LogP contribution in [0.5, 0.6) is 0 Å². The van der Waals surface area contributed by atoms with Crippen LogP contribution < -0.4 is 0 Å². The summed E-state index contributed by atoms with van der Waals surface area (Å²) in [5.41, 5.74) is 0. The molecule has 90 valence electrons. The second kappa shape index (κ2) is 13.9. The van der Waals surface area contributed by atoms with Crippen molar-refractivity contribution in [1.82, 2.24) is 0 Å². The average Bonchev–Trinajstić information content (AvgIpc) is 2.31. The predicted molar refractivity (Wildman–Crippen MR) is 72.4 cm³/mol. The summed E-state index contributed by atoms with van der Waals surface area (Å²) in [6.07, 6.45) is 22.2. The Bertz CT molecular complexity index is 234. The molecule has 1 N–H and O–H groups in total. The molecule has 0 radical (unpaired) electrons. The highest BCUT2D eigenvalue weighted by atomic mass is 16.2. The van der Waals surface area contributed by atoms with E-state index in [0.717, 1.165) is 6.42 Å². The van der Waals surface area contributed by atoms with Gasteiger partial charge in [-0.1, -0.05) is 68.4 Å². The molecule has 0 heterocycles. The van der Waals surface area contributed by atoms with Gasteiger partial charge in [-0.25, -0.2) is 0 Å². The van der Waals surface area contributed by atoms with E-state index in [1.165, 1.54) is 25.7 Å². The fourth-order valence-corrected chi connectivity index (χ4v) is 1.23. The number of aliphatic hydroxyl groups excluding tert-OH is 1. The van der Waals surface area contributed by atoms with Gasteiger partial charge in [0, 0.05) is 0 Å². The third-order valence-corrected chi connectivity index (χ3v) is 2.12. The third-order valence-electron chi connectivity index (χ3n) is 2.12. The van der Waals surface area contributed by atoms with Crippen LogP contribution in [-0.4, -0.2) is 11.7 Å². The van der Waals surface area contributed by atoms with E-state index < -0.39 is 0 Å². The summed E-state index contributed by atoms with van der Waals surface area (Å²) in [6, 6.07) is 0. The Morgan fingerprint density at radius 1 is 0.812 bits per heavy atom. The van der Waals surface area contributed by atoms with E-state index in [-0.39, 0.29) is 6.61 Å². The second-order valence-corrected chi connectivity index (χ2v) is 3.63. The maximum absolute atomic E-state index is 8.48. The quantitative estimate of drug-likeness (QED) is 0.351. The van der Waals surface area contributed by atoms with E-state index in [4.69, 9.17) is 5.11 Å². The first kappa shape index (κ1) is 14.9. The first-order valence-electron chi connectivity index (χ1n) is 6.16. The molecular weight excluding hydrogens is 196 g/mol. The van der Waals surface area contributed by atoms with E-state index in [0.29, 0.717) is 0 Å². The molecule has 0 aliphatic rings. The van der Waals surface area contributed by atoms with Gasteiger partial charge in [0.05, 0.1) is 6.61 Å². The minimum absolute atomic E-state index is 0.106. The summed E-state index contributed by atoms with van der Waals surface area (Å²) in [7, 11) is 0. The van der Waals surface area contributed by atoms with Gasteiger partial charge >= 0.3 is 0 Å². The first-order chi connectivity index (χ1) is 7.91. The molecule has 0 aromatic heterocycles. The van der Waals surface area contributed by atoms with Crippen molar-refractivity contribution >= 4 is 0 Å². The fraction of sp³-hybridized carbons (Fsp3) is 0.467. The first-order valence-corrected chi connectivity index (χ1v) is 6.16. The van der Waals surface area contributed by atoms with E-state index in [9.17, 15) is 0 Å². The minimum Gasteiger partial charge on any atom is -0.392 e. The highest BCUT2D eigenvalue weighted by Gasteiger charge is 1.80. The molecular formula is C15H24O. The van der Waals surface area contributed by atoms with Crippen LogP contribution in [-0.2, 0) is 0 Å². The van der Waals surface area contributed by atoms with Crippen molar-refractivity contribution in [1.29, 1.82) is 0 Å². The lowest BCUT2D eigenvalue weighted by Gasteiger charge is -1.90. The molecule has 0 atom stereocenters. The zero-order valence-corrected chi connectivity index (χ0v) is 10.3. The molecule has 0 aromatic rings. The third kappa shape index (κ3) is 12.9. The summed E-state index contributed by atoms with van der Waals surface area (Å²) < 4.78 is 0. The van der Waals surface area contributed by atoms with Crippen molar-refractivity contribution in [2.24, 2.45) is 0 Å². The fourth-order valence-electron chi connectivity index (χ4n) is 1.23. The van der Waals surface area contributed by atoms with Gasteiger partial charge < -0.3 is 5.11 Å². The molecule has 16 heavy (non-hydrogen) atoms. The molecule has 1 heteroatoms. The lowest BCUT2D eigenvalue weighted by Crippen LogP contribution is -1.70. The molecule has 0 aromatic carbocycles. The number of aliphatic hydroxyl groups is 1. The van der Waals surface area contributed by atoms with Crippen LogP contribution in [0.4, 0.5) is 0 Å². The zero-order chi connectivity index (χ0) is 11.9. The van der Waals surface area contributed by atoms with Crippen LogP contribution in [0.2, 0.25) is 0 Å². The molecule has 0 aliphatic heterocycles. The van der Waals surface area contributed by atoms with Crippen molar-refractivity contribution < 1.29 is 5.11 Å². The molecule has 0 rings (SSSR count). The van der Waals surface area contributed by atoms with Gasteiger partial charge in [0.15, 0.2) is 0 Å². The number of rotatable bonds is 9. The topological polar surface area (TPSA) is 20.2 Å². The highest BCUT2D eigenvalue weighted by molar-refractivity contribution is 5.11. The van der Waals surface area contributed by atoms with Crippen LogP contribution in [0.3, 0.4) is 0 Å². The average molecular weight is 220 g/mol. The smallest absolute Gasteiger partial charge is 0.0615 e. The lowest BCUT2D eigenvalue weighted by atomic mass is 10.2. The van der Waals surface area contributed by atoms with Crippen molar-refractivity contribution in [2.45, 2.75) is 39.0 Å². The molecule has 0 saturated carbocycles. The number of allylic oxidation sites excluding steroid dienone is 7. The van der Waals surface area contributed by atoms with Crippen molar-refractivity contribution in [3.8, 4) is 0 Å². The Morgan fingerprint density at radius 3 is 2.25 bits per heavy atom. The summed E-state index contributed by atoms with van der Waals surface area (Å²) in [6.45, 7) is 2.33. The van der Waals surface area contributed by atoms with Crippen LogP contribution in [0.1, 0.15) is 39.0 Å². The van der Waals surface area contributed by atoms with Crippen LogP contribution in [0.25, 0.3) is 0 Å². The zero-order valence-electron chi connectivity index (χ0n) is 10.3. The van der Waals surface area contributed by atoms with Gasteiger partial charge in [0.1, 0.15) is 0 Å². The molecule has 0 aliphatic carbocycles. The second-order valence-electron chi connectivity index (χ2n) is 3.63. The molecule has 0 saturated heterocycles. The van der Waals surface area contributed by atoms with Gasteiger partial charge in [-0.05, 0) is 19.3 Å². The number of hydrogen-bond donors (Lipinski definition) is 1. The number of hydrogen-bond acceptors (Lipinski definition) is 1. The van der Waals surface area contributed by atoms with E-state index in [1.54, 1.807) is 6.08 Å². The van der Waals surface area contributed by atoms with Gasteiger partial charge in [-0.2, -0.15) is 0 Å². The molecule has 0 fully saturated rings. The van der Waals surface area contributed by atoms with Crippen LogP contribution in [0.15, 0.2) is 48.6 Å².